The first kappa shape index (κ1) is 15.4. The van der Waals surface area contributed by atoms with E-state index < -0.39 is 0 Å². The second-order valence-electron chi connectivity index (χ2n) is 4.67. The Balaban J connectivity index is 3.56. The summed E-state index contributed by atoms with van der Waals surface area (Å²) in [7, 11) is 0. The van der Waals surface area contributed by atoms with E-state index in [1.807, 2.05) is 0 Å². The minimum absolute atomic E-state index is 0.200. The summed E-state index contributed by atoms with van der Waals surface area (Å²) >= 11 is 0. The van der Waals surface area contributed by atoms with Crippen LogP contribution in [0.25, 0.3) is 0 Å². The van der Waals surface area contributed by atoms with Crippen LogP contribution in [0.5, 0.6) is 0 Å². The van der Waals surface area contributed by atoms with Gasteiger partial charge in [0.1, 0.15) is 0 Å². The van der Waals surface area contributed by atoms with Gasteiger partial charge in [0.15, 0.2) is 0 Å². The fourth-order valence-corrected chi connectivity index (χ4v) is 1.67. The zero-order valence-corrected chi connectivity index (χ0v) is 11.3. The maximum Gasteiger partial charge on any atom is 0.220 e. The number of hydrogen-bond acceptors (Lipinski definition) is 2. The fourth-order valence-electron chi connectivity index (χ4n) is 1.67. The summed E-state index contributed by atoms with van der Waals surface area (Å²) in [5, 5.41) is 6.40. The zero-order valence-electron chi connectivity index (χ0n) is 11.3. The highest BCUT2D eigenvalue weighted by Crippen LogP contribution is 2.01. The molecule has 0 bridgehead atoms. The molecule has 0 aliphatic carbocycles. The first-order valence-electron chi connectivity index (χ1n) is 6.62. The van der Waals surface area contributed by atoms with Crippen molar-refractivity contribution in [3.05, 3.63) is 0 Å². The van der Waals surface area contributed by atoms with Gasteiger partial charge in [-0.25, -0.2) is 0 Å². The third kappa shape index (κ3) is 8.72. The first-order valence-corrected chi connectivity index (χ1v) is 6.62. The lowest BCUT2D eigenvalue weighted by Crippen LogP contribution is -2.34. The molecule has 1 unspecified atom stereocenters. The Labute approximate surface area is 100 Å². The van der Waals surface area contributed by atoms with Crippen molar-refractivity contribution >= 4 is 5.91 Å². The van der Waals surface area contributed by atoms with Gasteiger partial charge in [0, 0.05) is 18.5 Å². The molecule has 0 aromatic rings. The molecule has 0 aromatic heterocycles. The molecule has 0 aromatic carbocycles. The molecular formula is C13H28N2O. The molecular weight excluding hydrogens is 200 g/mol. The van der Waals surface area contributed by atoms with Crippen LogP contribution in [-0.4, -0.2) is 24.5 Å². The number of carbonyl (C=O) groups excluding carboxylic acids is 1. The lowest BCUT2D eigenvalue weighted by Gasteiger charge is -2.16. The SMILES string of the molecule is CCCC(CC)NC(=O)CCCNC(C)C. The molecule has 0 fully saturated rings. The van der Waals surface area contributed by atoms with Crippen LogP contribution in [0.15, 0.2) is 0 Å². The van der Waals surface area contributed by atoms with Crippen molar-refractivity contribution < 1.29 is 4.79 Å². The van der Waals surface area contributed by atoms with Crippen molar-refractivity contribution in [1.29, 1.82) is 0 Å². The minimum atomic E-state index is 0.200. The van der Waals surface area contributed by atoms with Gasteiger partial charge < -0.3 is 10.6 Å². The predicted molar refractivity (Wildman–Crippen MR) is 69.5 cm³/mol. The number of amides is 1. The normalized spacial score (nSPS) is 12.8. The molecule has 0 aliphatic rings. The Kier molecular flexibility index (Phi) is 9.30. The molecule has 0 saturated carbocycles. The lowest BCUT2D eigenvalue weighted by atomic mass is 10.1. The largest absolute Gasteiger partial charge is 0.353 e. The number of carbonyl (C=O) groups is 1. The summed E-state index contributed by atoms with van der Waals surface area (Å²) in [4.78, 5) is 11.6. The van der Waals surface area contributed by atoms with Crippen LogP contribution in [0.1, 0.15) is 59.8 Å². The summed E-state index contributed by atoms with van der Waals surface area (Å²) in [5.74, 6) is 0.200. The minimum Gasteiger partial charge on any atom is -0.353 e. The Morgan fingerprint density at radius 1 is 1.25 bits per heavy atom. The molecule has 1 amide bonds. The molecule has 0 spiro atoms. The van der Waals surface area contributed by atoms with E-state index in [2.05, 4.69) is 38.3 Å². The maximum atomic E-state index is 11.6. The third-order valence-corrected chi connectivity index (χ3v) is 2.63. The topological polar surface area (TPSA) is 41.1 Å². The van der Waals surface area contributed by atoms with E-state index in [-0.39, 0.29) is 5.91 Å². The van der Waals surface area contributed by atoms with Crippen LogP contribution in [0.2, 0.25) is 0 Å². The van der Waals surface area contributed by atoms with Gasteiger partial charge in [0.25, 0.3) is 0 Å². The van der Waals surface area contributed by atoms with Crippen LogP contribution >= 0.6 is 0 Å². The van der Waals surface area contributed by atoms with Gasteiger partial charge in [-0.15, -0.1) is 0 Å². The van der Waals surface area contributed by atoms with Gasteiger partial charge in [-0.1, -0.05) is 34.1 Å². The molecule has 1 atom stereocenters. The van der Waals surface area contributed by atoms with Crippen LogP contribution in [0.4, 0.5) is 0 Å². The molecule has 0 heterocycles. The van der Waals surface area contributed by atoms with E-state index >= 15 is 0 Å². The van der Waals surface area contributed by atoms with E-state index in [0.29, 0.717) is 18.5 Å². The quantitative estimate of drug-likeness (QED) is 0.595. The van der Waals surface area contributed by atoms with Gasteiger partial charge in [0.05, 0.1) is 0 Å². The first-order chi connectivity index (χ1) is 7.60. The summed E-state index contributed by atoms with van der Waals surface area (Å²) in [6.07, 6.45) is 4.82. The maximum absolute atomic E-state index is 11.6. The van der Waals surface area contributed by atoms with Crippen LogP contribution < -0.4 is 10.6 Å². The molecule has 0 aliphatic heterocycles. The molecule has 2 N–H and O–H groups in total. The van der Waals surface area contributed by atoms with E-state index in [9.17, 15) is 4.79 Å². The summed E-state index contributed by atoms with van der Waals surface area (Å²) < 4.78 is 0. The van der Waals surface area contributed by atoms with Gasteiger partial charge in [-0.05, 0) is 25.8 Å². The van der Waals surface area contributed by atoms with Crippen LogP contribution in [-0.2, 0) is 4.79 Å². The monoisotopic (exact) mass is 228 g/mol. The van der Waals surface area contributed by atoms with Crippen molar-refractivity contribution in [3.8, 4) is 0 Å². The fraction of sp³-hybridized carbons (Fsp3) is 0.923. The Morgan fingerprint density at radius 3 is 2.44 bits per heavy atom. The highest BCUT2D eigenvalue weighted by atomic mass is 16.1. The average molecular weight is 228 g/mol. The van der Waals surface area contributed by atoms with Crippen molar-refractivity contribution in [2.75, 3.05) is 6.54 Å². The van der Waals surface area contributed by atoms with E-state index in [1.54, 1.807) is 0 Å². The molecule has 3 heteroatoms. The number of nitrogens with one attached hydrogen (secondary N) is 2. The highest BCUT2D eigenvalue weighted by Gasteiger charge is 2.08. The van der Waals surface area contributed by atoms with Crippen molar-refractivity contribution in [1.82, 2.24) is 10.6 Å². The molecule has 0 radical (unpaired) electrons. The second kappa shape index (κ2) is 9.64. The zero-order chi connectivity index (χ0) is 12.4. The van der Waals surface area contributed by atoms with Crippen molar-refractivity contribution in [2.45, 2.75) is 71.9 Å². The van der Waals surface area contributed by atoms with Gasteiger partial charge >= 0.3 is 0 Å². The Hall–Kier alpha value is -0.570. The van der Waals surface area contributed by atoms with Crippen molar-refractivity contribution in [3.63, 3.8) is 0 Å². The van der Waals surface area contributed by atoms with Crippen LogP contribution in [0.3, 0.4) is 0 Å². The molecule has 16 heavy (non-hydrogen) atoms. The molecule has 0 rings (SSSR count). The van der Waals surface area contributed by atoms with Crippen LogP contribution in [0, 0.1) is 0 Å². The van der Waals surface area contributed by atoms with E-state index in [1.165, 1.54) is 0 Å². The Bertz CT molecular complexity index is 181. The number of hydrogen-bond donors (Lipinski definition) is 2. The molecule has 0 saturated heterocycles. The van der Waals surface area contributed by atoms with Gasteiger partial charge in [-0.2, -0.15) is 0 Å². The molecule has 3 nitrogen and oxygen atoms in total. The lowest BCUT2D eigenvalue weighted by molar-refractivity contribution is -0.121. The smallest absolute Gasteiger partial charge is 0.220 e. The summed E-state index contributed by atoms with van der Waals surface area (Å²) in [6.45, 7) is 9.45. The highest BCUT2D eigenvalue weighted by molar-refractivity contribution is 5.76. The number of rotatable bonds is 9. The average Bonchev–Trinajstić information content (AvgIpc) is 2.23. The standard InChI is InChI=1S/C13H28N2O/c1-5-8-12(6-2)15-13(16)9-7-10-14-11(3)4/h11-12,14H,5-10H2,1-4H3,(H,15,16). The third-order valence-electron chi connectivity index (χ3n) is 2.63. The second-order valence-corrected chi connectivity index (χ2v) is 4.67. The van der Waals surface area contributed by atoms with Crippen molar-refractivity contribution in [2.24, 2.45) is 0 Å². The van der Waals surface area contributed by atoms with E-state index in [4.69, 9.17) is 0 Å². The Morgan fingerprint density at radius 2 is 1.94 bits per heavy atom. The van der Waals surface area contributed by atoms with Gasteiger partial charge in [-0.3, -0.25) is 4.79 Å². The summed E-state index contributed by atoms with van der Waals surface area (Å²) in [5.41, 5.74) is 0. The predicted octanol–water partition coefficient (Wildman–Crippen LogP) is 2.46. The van der Waals surface area contributed by atoms with Gasteiger partial charge in [0.2, 0.25) is 5.91 Å². The van der Waals surface area contributed by atoms with E-state index in [0.717, 1.165) is 32.2 Å². The summed E-state index contributed by atoms with van der Waals surface area (Å²) in [6, 6.07) is 0.877. The molecule has 96 valence electrons.